The van der Waals surface area contributed by atoms with Gasteiger partial charge in [0.05, 0.1) is 9.92 Å². The van der Waals surface area contributed by atoms with Crippen LogP contribution in [-0.4, -0.2) is 37.6 Å². The highest BCUT2D eigenvalue weighted by Gasteiger charge is 2.21. The summed E-state index contributed by atoms with van der Waals surface area (Å²) in [6.45, 7) is 0. The van der Waals surface area contributed by atoms with Crippen LogP contribution in [0.4, 0.5) is 0 Å². The van der Waals surface area contributed by atoms with Crippen molar-refractivity contribution < 1.29 is 23.2 Å². The zero-order valence-electron chi connectivity index (χ0n) is 12.0. The van der Waals surface area contributed by atoms with E-state index < -0.39 is 15.8 Å². The Hall–Kier alpha value is -1.60. The van der Waals surface area contributed by atoms with Gasteiger partial charge in [0.1, 0.15) is 6.10 Å². The third kappa shape index (κ3) is 3.98. The van der Waals surface area contributed by atoms with Gasteiger partial charge in [-0.3, -0.25) is 0 Å². The van der Waals surface area contributed by atoms with Crippen molar-refractivity contribution in [3.05, 3.63) is 28.8 Å². The highest BCUT2D eigenvalue weighted by Crippen LogP contribution is 2.24. The van der Waals surface area contributed by atoms with Crippen molar-refractivity contribution in [3.63, 3.8) is 0 Å². The second kappa shape index (κ2) is 6.66. The Kier molecular flexibility index (Phi) is 5.08. The fourth-order valence-electron chi connectivity index (χ4n) is 2.29. The first-order valence-corrected chi connectivity index (χ1v) is 9.03. The van der Waals surface area contributed by atoms with Crippen LogP contribution in [0.1, 0.15) is 31.2 Å². The van der Waals surface area contributed by atoms with Crippen LogP contribution in [0.15, 0.2) is 28.3 Å². The third-order valence-electron chi connectivity index (χ3n) is 3.40. The van der Waals surface area contributed by atoms with E-state index in [1.165, 1.54) is 18.2 Å². The molecule has 1 saturated carbocycles. The van der Waals surface area contributed by atoms with Gasteiger partial charge < -0.3 is 9.94 Å². The topological polar surface area (TPSA) is 93.0 Å². The first-order chi connectivity index (χ1) is 10.3. The summed E-state index contributed by atoms with van der Waals surface area (Å²) in [6, 6.07) is 3.89. The van der Waals surface area contributed by atoms with Gasteiger partial charge in [-0.1, -0.05) is 22.8 Å². The van der Waals surface area contributed by atoms with Gasteiger partial charge in [-0.2, -0.15) is 0 Å². The lowest BCUT2D eigenvalue weighted by Crippen LogP contribution is -2.17. The molecule has 0 atom stereocenters. The van der Waals surface area contributed by atoms with Crippen LogP contribution in [0.25, 0.3) is 0 Å². The van der Waals surface area contributed by atoms with Crippen molar-refractivity contribution in [2.45, 2.75) is 36.7 Å². The van der Waals surface area contributed by atoms with Crippen molar-refractivity contribution in [3.8, 4) is 0 Å². The monoisotopic (exact) mass is 345 g/mol. The number of carboxylic acids is 1. The molecule has 0 amide bonds. The number of oxime groups is 1. The summed E-state index contributed by atoms with van der Waals surface area (Å²) in [5.74, 6) is -1.26. The molecule has 1 aliphatic carbocycles. The smallest absolute Gasteiger partial charge is 0.358 e. The van der Waals surface area contributed by atoms with Gasteiger partial charge in [-0.25, -0.2) is 13.2 Å². The molecule has 0 unspecified atom stereocenters. The molecule has 1 fully saturated rings. The second-order valence-corrected chi connectivity index (χ2v) is 7.57. The van der Waals surface area contributed by atoms with E-state index in [0.717, 1.165) is 31.9 Å². The van der Waals surface area contributed by atoms with E-state index in [9.17, 15) is 18.3 Å². The fraction of sp³-hybridized carbons (Fsp3) is 0.429. The number of carbonyl (C=O) groups is 1. The van der Waals surface area contributed by atoms with Crippen LogP contribution in [0.2, 0.25) is 5.02 Å². The summed E-state index contributed by atoms with van der Waals surface area (Å²) in [4.78, 5) is 16.5. The average molecular weight is 346 g/mol. The van der Waals surface area contributed by atoms with E-state index in [2.05, 4.69) is 5.16 Å². The Bertz CT molecular complexity index is 708. The average Bonchev–Trinajstić information content (AvgIpc) is 2.90. The number of nitrogens with zero attached hydrogens (tertiary/aromatic N) is 1. The quantitative estimate of drug-likeness (QED) is 0.653. The Morgan fingerprint density at radius 2 is 2.00 bits per heavy atom. The van der Waals surface area contributed by atoms with Gasteiger partial charge in [-0.15, -0.1) is 0 Å². The molecule has 1 N–H and O–H groups in total. The van der Waals surface area contributed by atoms with Gasteiger partial charge >= 0.3 is 5.97 Å². The Morgan fingerprint density at radius 3 is 2.50 bits per heavy atom. The molecule has 0 aliphatic heterocycles. The lowest BCUT2D eigenvalue weighted by Gasteiger charge is -2.09. The van der Waals surface area contributed by atoms with E-state index >= 15 is 0 Å². The highest BCUT2D eigenvalue weighted by molar-refractivity contribution is 7.90. The van der Waals surface area contributed by atoms with Crippen LogP contribution in [0, 0.1) is 0 Å². The number of carboxylic acid groups (broad SMARTS) is 1. The van der Waals surface area contributed by atoms with E-state index in [-0.39, 0.29) is 27.3 Å². The largest absolute Gasteiger partial charge is 0.476 e. The standard InChI is InChI=1S/C14H16ClNO5S/c1-22(19,20)12-7-6-9(8-11(12)15)13(14(17)18)16-21-10-4-2-3-5-10/h6-8,10H,2-5H2,1H3,(H,17,18)/b16-13-. The molecule has 1 aromatic carbocycles. The zero-order chi connectivity index (χ0) is 16.3. The van der Waals surface area contributed by atoms with Crippen molar-refractivity contribution in [2.75, 3.05) is 6.26 Å². The van der Waals surface area contributed by atoms with E-state index in [1.807, 2.05) is 0 Å². The number of rotatable bonds is 5. The Morgan fingerprint density at radius 1 is 1.36 bits per heavy atom. The van der Waals surface area contributed by atoms with Gasteiger partial charge in [0.2, 0.25) is 0 Å². The summed E-state index contributed by atoms with van der Waals surface area (Å²) in [6.07, 6.45) is 4.74. The maximum Gasteiger partial charge on any atom is 0.358 e. The van der Waals surface area contributed by atoms with Crippen LogP contribution >= 0.6 is 11.6 Å². The Labute approximate surface area is 133 Å². The predicted octanol–water partition coefficient (Wildman–Crippen LogP) is 2.49. The minimum atomic E-state index is -3.47. The zero-order valence-corrected chi connectivity index (χ0v) is 13.5. The molecular weight excluding hydrogens is 330 g/mol. The summed E-state index contributed by atoms with van der Waals surface area (Å²) in [7, 11) is -3.47. The lowest BCUT2D eigenvalue weighted by atomic mass is 10.1. The molecule has 0 heterocycles. The van der Waals surface area contributed by atoms with Gasteiger partial charge in [0.25, 0.3) is 0 Å². The summed E-state index contributed by atoms with van der Waals surface area (Å²) < 4.78 is 23.0. The second-order valence-electron chi connectivity index (χ2n) is 5.17. The molecule has 22 heavy (non-hydrogen) atoms. The first kappa shape index (κ1) is 16.8. The van der Waals surface area contributed by atoms with Crippen LogP contribution in [0.3, 0.4) is 0 Å². The molecule has 0 radical (unpaired) electrons. The maximum atomic E-state index is 11.5. The van der Waals surface area contributed by atoms with Crippen molar-refractivity contribution in [1.82, 2.24) is 0 Å². The van der Waals surface area contributed by atoms with Crippen LogP contribution < -0.4 is 0 Å². The maximum absolute atomic E-state index is 11.5. The first-order valence-electron chi connectivity index (χ1n) is 6.76. The summed E-state index contributed by atoms with van der Waals surface area (Å²) in [5, 5.41) is 12.9. The van der Waals surface area contributed by atoms with E-state index in [1.54, 1.807) is 0 Å². The molecule has 0 saturated heterocycles. The molecule has 0 bridgehead atoms. The van der Waals surface area contributed by atoms with Gasteiger partial charge in [0, 0.05) is 11.8 Å². The number of hydrogen-bond donors (Lipinski definition) is 1. The fourth-order valence-corrected chi connectivity index (χ4v) is 3.61. The molecule has 1 aliphatic rings. The minimum absolute atomic E-state index is 0.0465. The number of hydrogen-bond acceptors (Lipinski definition) is 5. The third-order valence-corrected chi connectivity index (χ3v) is 4.98. The Balaban J connectivity index is 2.31. The minimum Gasteiger partial charge on any atom is -0.476 e. The van der Waals surface area contributed by atoms with Crippen LogP contribution in [0.5, 0.6) is 0 Å². The van der Waals surface area contributed by atoms with Crippen molar-refractivity contribution in [2.24, 2.45) is 5.16 Å². The number of benzene rings is 1. The van der Waals surface area contributed by atoms with E-state index in [4.69, 9.17) is 16.4 Å². The number of halogens is 1. The lowest BCUT2D eigenvalue weighted by molar-refractivity contribution is -0.129. The number of sulfone groups is 1. The normalized spacial score (nSPS) is 16.7. The van der Waals surface area contributed by atoms with Crippen LogP contribution in [-0.2, 0) is 19.5 Å². The van der Waals surface area contributed by atoms with E-state index in [0.29, 0.717) is 0 Å². The van der Waals surface area contributed by atoms with Gasteiger partial charge in [-0.05, 0) is 37.8 Å². The molecule has 0 aromatic heterocycles. The van der Waals surface area contributed by atoms with Crippen molar-refractivity contribution >= 4 is 33.1 Å². The SMILES string of the molecule is CS(=O)(=O)c1ccc(/C(=N/OC2CCCC2)C(=O)O)cc1Cl. The molecule has 2 rings (SSSR count). The molecule has 8 heteroatoms. The molecule has 0 spiro atoms. The molecule has 120 valence electrons. The summed E-state index contributed by atoms with van der Waals surface area (Å²) in [5.41, 5.74) is -0.100. The molecule has 6 nitrogen and oxygen atoms in total. The summed E-state index contributed by atoms with van der Waals surface area (Å²) >= 11 is 5.92. The van der Waals surface area contributed by atoms with Crippen molar-refractivity contribution in [1.29, 1.82) is 0 Å². The highest BCUT2D eigenvalue weighted by atomic mass is 35.5. The molecular formula is C14H16ClNO5S. The predicted molar refractivity (Wildman–Crippen MR) is 82.1 cm³/mol. The van der Waals surface area contributed by atoms with Gasteiger partial charge in [0.15, 0.2) is 15.5 Å². The number of aliphatic carboxylic acids is 1. The molecule has 1 aromatic rings.